The summed E-state index contributed by atoms with van der Waals surface area (Å²) in [5.74, 6) is 0.0156. The van der Waals surface area contributed by atoms with Gasteiger partial charge in [0.1, 0.15) is 23.1 Å². The smallest absolute Gasteiger partial charge is 0.346 e. The van der Waals surface area contributed by atoms with Gasteiger partial charge in [-0.2, -0.15) is 5.26 Å². The number of carboxylic acids is 1. The molecule has 20 heavy (non-hydrogen) atoms. The number of rotatable bonds is 4. The summed E-state index contributed by atoms with van der Waals surface area (Å²) in [6.45, 7) is 0. The van der Waals surface area contributed by atoms with Gasteiger partial charge in [0.25, 0.3) is 0 Å². The molecular weight excluding hydrogens is 254 g/mol. The predicted molar refractivity (Wildman–Crippen MR) is 74.2 cm³/mol. The standard InChI is InChI=1S/C16H11NO3/c17-11-13(16(18)19)9-12-5-4-8-15(10-12)20-14-6-2-1-3-7-14/h1-10H,(H,18,19). The van der Waals surface area contributed by atoms with Crippen LogP contribution in [0.25, 0.3) is 6.08 Å². The minimum atomic E-state index is -1.25. The van der Waals surface area contributed by atoms with Gasteiger partial charge in [0.2, 0.25) is 0 Å². The molecule has 0 atom stereocenters. The molecule has 0 spiro atoms. The minimum Gasteiger partial charge on any atom is -0.477 e. The van der Waals surface area contributed by atoms with Gasteiger partial charge in [-0.05, 0) is 35.9 Å². The number of ether oxygens (including phenoxy) is 1. The lowest BCUT2D eigenvalue weighted by molar-refractivity contribution is -0.132. The molecule has 2 rings (SSSR count). The summed E-state index contributed by atoms with van der Waals surface area (Å²) in [4.78, 5) is 10.8. The van der Waals surface area contributed by atoms with E-state index in [-0.39, 0.29) is 5.57 Å². The van der Waals surface area contributed by atoms with Gasteiger partial charge in [-0.25, -0.2) is 4.79 Å². The molecule has 98 valence electrons. The van der Waals surface area contributed by atoms with Crippen molar-refractivity contribution in [3.8, 4) is 17.6 Å². The first-order chi connectivity index (χ1) is 9.69. The molecule has 1 N–H and O–H groups in total. The minimum absolute atomic E-state index is 0.318. The van der Waals surface area contributed by atoms with Crippen LogP contribution in [-0.4, -0.2) is 11.1 Å². The Labute approximate surface area is 116 Å². The molecule has 0 bridgehead atoms. The first-order valence-corrected chi connectivity index (χ1v) is 5.87. The van der Waals surface area contributed by atoms with E-state index >= 15 is 0 Å². The summed E-state index contributed by atoms with van der Waals surface area (Å²) in [6.07, 6.45) is 1.31. The zero-order valence-corrected chi connectivity index (χ0v) is 10.5. The Morgan fingerprint density at radius 1 is 1.10 bits per heavy atom. The first-order valence-electron chi connectivity index (χ1n) is 5.87. The van der Waals surface area contributed by atoms with Gasteiger partial charge < -0.3 is 9.84 Å². The van der Waals surface area contributed by atoms with Crippen LogP contribution in [0.3, 0.4) is 0 Å². The third-order valence-electron chi connectivity index (χ3n) is 2.50. The highest BCUT2D eigenvalue weighted by atomic mass is 16.5. The number of carbonyl (C=O) groups is 1. The van der Waals surface area contributed by atoms with E-state index in [9.17, 15) is 4.79 Å². The lowest BCUT2D eigenvalue weighted by Crippen LogP contribution is -1.97. The number of hydrogen-bond acceptors (Lipinski definition) is 3. The van der Waals surface area contributed by atoms with Crippen molar-refractivity contribution in [1.82, 2.24) is 0 Å². The molecule has 0 saturated carbocycles. The predicted octanol–water partition coefficient (Wildman–Crippen LogP) is 3.47. The summed E-state index contributed by atoms with van der Waals surface area (Å²) in [5.41, 5.74) is 0.277. The van der Waals surface area contributed by atoms with Crippen molar-refractivity contribution in [2.24, 2.45) is 0 Å². The van der Waals surface area contributed by atoms with Crippen LogP contribution >= 0.6 is 0 Å². The number of nitriles is 1. The lowest BCUT2D eigenvalue weighted by Gasteiger charge is -2.06. The van der Waals surface area contributed by atoms with Crippen LogP contribution in [0.4, 0.5) is 0 Å². The molecule has 4 heteroatoms. The normalized spacial score (nSPS) is 10.7. The molecule has 0 radical (unpaired) electrons. The SMILES string of the molecule is N#CC(=Cc1cccc(Oc2ccccc2)c1)C(=O)O. The van der Waals surface area contributed by atoms with Crippen LogP contribution in [0.1, 0.15) is 5.56 Å². The summed E-state index contributed by atoms with van der Waals surface area (Å²) in [5, 5.41) is 17.5. The molecule has 0 aliphatic heterocycles. The highest BCUT2D eigenvalue weighted by molar-refractivity contribution is 5.96. The van der Waals surface area contributed by atoms with E-state index in [1.807, 2.05) is 30.3 Å². The number of nitrogens with zero attached hydrogens (tertiary/aromatic N) is 1. The highest BCUT2D eigenvalue weighted by Crippen LogP contribution is 2.22. The Morgan fingerprint density at radius 3 is 2.45 bits per heavy atom. The Bertz CT molecular complexity index is 684. The maximum Gasteiger partial charge on any atom is 0.346 e. The van der Waals surface area contributed by atoms with Crippen LogP contribution in [0.2, 0.25) is 0 Å². The maximum absolute atomic E-state index is 10.8. The van der Waals surface area contributed by atoms with Crippen LogP contribution in [0.5, 0.6) is 11.5 Å². The van der Waals surface area contributed by atoms with Gasteiger partial charge in [0.05, 0.1) is 0 Å². The lowest BCUT2D eigenvalue weighted by atomic mass is 10.1. The van der Waals surface area contributed by atoms with Crippen molar-refractivity contribution in [2.45, 2.75) is 0 Å². The fourth-order valence-electron chi connectivity index (χ4n) is 1.60. The summed E-state index contributed by atoms with van der Waals surface area (Å²) in [7, 11) is 0. The second kappa shape index (κ2) is 6.21. The van der Waals surface area contributed by atoms with Crippen LogP contribution in [0, 0.1) is 11.3 Å². The highest BCUT2D eigenvalue weighted by Gasteiger charge is 2.06. The van der Waals surface area contributed by atoms with Crippen molar-refractivity contribution in [2.75, 3.05) is 0 Å². The summed E-state index contributed by atoms with van der Waals surface area (Å²) < 4.78 is 5.64. The van der Waals surface area contributed by atoms with E-state index in [0.717, 1.165) is 0 Å². The molecule has 0 saturated heterocycles. The number of para-hydroxylation sites is 1. The molecular formula is C16H11NO3. The molecule has 2 aromatic rings. The third kappa shape index (κ3) is 3.47. The number of benzene rings is 2. The average Bonchev–Trinajstić information content (AvgIpc) is 2.46. The van der Waals surface area contributed by atoms with Gasteiger partial charge in [-0.15, -0.1) is 0 Å². The van der Waals surface area contributed by atoms with E-state index in [4.69, 9.17) is 15.1 Å². The zero-order chi connectivity index (χ0) is 14.4. The fourth-order valence-corrected chi connectivity index (χ4v) is 1.60. The molecule has 4 nitrogen and oxygen atoms in total. The molecule has 0 aliphatic rings. The zero-order valence-electron chi connectivity index (χ0n) is 10.5. The Balaban J connectivity index is 2.25. The number of hydrogen-bond donors (Lipinski definition) is 1. The van der Waals surface area contributed by atoms with Crippen molar-refractivity contribution in [3.63, 3.8) is 0 Å². The molecule has 0 amide bonds. The topological polar surface area (TPSA) is 70.3 Å². The second-order valence-corrected chi connectivity index (χ2v) is 3.96. The summed E-state index contributed by atoms with van der Waals surface area (Å²) in [6, 6.07) is 17.8. The van der Waals surface area contributed by atoms with Gasteiger partial charge in [0, 0.05) is 0 Å². The molecule has 0 aliphatic carbocycles. The van der Waals surface area contributed by atoms with E-state index < -0.39 is 5.97 Å². The van der Waals surface area contributed by atoms with E-state index in [2.05, 4.69) is 0 Å². The van der Waals surface area contributed by atoms with E-state index in [1.54, 1.807) is 30.3 Å². The molecule has 0 heterocycles. The van der Waals surface area contributed by atoms with Gasteiger partial charge in [-0.3, -0.25) is 0 Å². The van der Waals surface area contributed by atoms with Gasteiger partial charge >= 0.3 is 5.97 Å². The van der Waals surface area contributed by atoms with Gasteiger partial charge in [0.15, 0.2) is 0 Å². The molecule has 0 fully saturated rings. The van der Waals surface area contributed by atoms with E-state index in [1.165, 1.54) is 6.08 Å². The van der Waals surface area contributed by atoms with Crippen molar-refractivity contribution < 1.29 is 14.6 Å². The average molecular weight is 265 g/mol. The van der Waals surface area contributed by atoms with Crippen molar-refractivity contribution >= 4 is 12.0 Å². The quantitative estimate of drug-likeness (QED) is 0.678. The Morgan fingerprint density at radius 2 is 1.80 bits per heavy atom. The first kappa shape index (κ1) is 13.4. The number of aliphatic carboxylic acids is 1. The van der Waals surface area contributed by atoms with Crippen LogP contribution < -0.4 is 4.74 Å². The van der Waals surface area contributed by atoms with E-state index in [0.29, 0.717) is 17.1 Å². The Hall–Kier alpha value is -3.06. The fraction of sp³-hybridized carbons (Fsp3) is 0. The maximum atomic E-state index is 10.8. The monoisotopic (exact) mass is 265 g/mol. The van der Waals surface area contributed by atoms with Crippen molar-refractivity contribution in [1.29, 1.82) is 5.26 Å². The second-order valence-electron chi connectivity index (χ2n) is 3.96. The molecule has 2 aromatic carbocycles. The third-order valence-corrected chi connectivity index (χ3v) is 2.50. The molecule has 0 unspecified atom stereocenters. The largest absolute Gasteiger partial charge is 0.477 e. The van der Waals surface area contributed by atoms with Crippen molar-refractivity contribution in [3.05, 3.63) is 65.7 Å². The summed E-state index contributed by atoms with van der Waals surface area (Å²) >= 11 is 0. The molecule has 0 aromatic heterocycles. The number of carboxylic acid groups (broad SMARTS) is 1. The van der Waals surface area contributed by atoms with Crippen LogP contribution in [0.15, 0.2) is 60.2 Å². The van der Waals surface area contributed by atoms with Gasteiger partial charge in [-0.1, -0.05) is 30.3 Å². The van der Waals surface area contributed by atoms with Crippen LogP contribution in [-0.2, 0) is 4.79 Å². The Kier molecular flexibility index (Phi) is 4.15.